The van der Waals surface area contributed by atoms with Crippen molar-refractivity contribution in [2.24, 2.45) is 0 Å². The van der Waals surface area contributed by atoms with E-state index >= 15 is 0 Å². The molecule has 2 aliphatic heterocycles. The molecule has 1 saturated heterocycles. The Morgan fingerprint density at radius 3 is 2.61 bits per heavy atom. The van der Waals surface area contributed by atoms with Crippen molar-refractivity contribution in [1.82, 2.24) is 14.5 Å². The average molecular weight is 383 g/mol. The highest BCUT2D eigenvalue weighted by Gasteiger charge is 2.26. The molecule has 1 aromatic heterocycles. The van der Waals surface area contributed by atoms with Crippen LogP contribution in [0.15, 0.2) is 23.0 Å². The van der Waals surface area contributed by atoms with E-state index in [0.717, 1.165) is 57.4 Å². The monoisotopic (exact) mass is 383 g/mol. The lowest BCUT2D eigenvalue weighted by Crippen LogP contribution is -2.38. The van der Waals surface area contributed by atoms with Crippen LogP contribution in [0.25, 0.3) is 10.9 Å². The predicted molar refractivity (Wildman–Crippen MR) is 104 cm³/mol. The second-order valence-corrected chi connectivity index (χ2v) is 7.61. The van der Waals surface area contributed by atoms with Crippen molar-refractivity contribution in [1.29, 1.82) is 0 Å². The molecule has 7 nitrogen and oxygen atoms in total. The molecule has 0 unspecified atom stereocenters. The van der Waals surface area contributed by atoms with E-state index in [1.54, 1.807) is 34.6 Å². The number of amides is 1. The molecule has 2 aliphatic rings. The molecule has 0 bridgehead atoms. The van der Waals surface area contributed by atoms with Gasteiger partial charge in [-0.3, -0.25) is 14.2 Å². The van der Waals surface area contributed by atoms with E-state index in [-0.39, 0.29) is 11.5 Å². The second-order valence-electron chi connectivity index (χ2n) is 7.61. The van der Waals surface area contributed by atoms with Crippen LogP contribution in [-0.4, -0.2) is 45.5 Å². The van der Waals surface area contributed by atoms with Gasteiger partial charge in [0.15, 0.2) is 6.10 Å². The van der Waals surface area contributed by atoms with Gasteiger partial charge in [-0.05, 0) is 50.8 Å². The first kappa shape index (κ1) is 18.7. The summed E-state index contributed by atoms with van der Waals surface area (Å²) in [6, 6.07) is 4.80. The number of hydrogen-bond donors (Lipinski definition) is 0. The summed E-state index contributed by atoms with van der Waals surface area (Å²) < 4.78 is 7.14. The predicted octanol–water partition coefficient (Wildman–Crippen LogP) is 2.29. The van der Waals surface area contributed by atoms with Crippen LogP contribution >= 0.6 is 0 Å². The number of aromatic nitrogens is 2. The number of likely N-dealkylation sites (tertiary alicyclic amines) is 1. The van der Waals surface area contributed by atoms with Crippen LogP contribution in [0.1, 0.15) is 55.2 Å². The normalized spacial score (nSPS) is 17.8. The molecule has 0 spiro atoms. The van der Waals surface area contributed by atoms with Crippen LogP contribution in [-0.2, 0) is 22.5 Å². The fraction of sp³-hybridized carbons (Fsp3) is 0.524. The summed E-state index contributed by atoms with van der Waals surface area (Å²) in [5, 5.41) is 0.503. The van der Waals surface area contributed by atoms with Crippen LogP contribution < -0.4 is 5.56 Å². The van der Waals surface area contributed by atoms with Gasteiger partial charge in [-0.1, -0.05) is 6.42 Å². The summed E-state index contributed by atoms with van der Waals surface area (Å²) >= 11 is 0. The van der Waals surface area contributed by atoms with Crippen LogP contribution in [0.4, 0.5) is 0 Å². The molecule has 0 aliphatic carbocycles. The molecule has 3 heterocycles. The first-order valence-electron chi connectivity index (χ1n) is 10.1. The van der Waals surface area contributed by atoms with Crippen molar-refractivity contribution < 1.29 is 14.3 Å². The number of esters is 1. The number of nitrogens with zero attached hydrogens (tertiary/aromatic N) is 3. The lowest BCUT2D eigenvalue weighted by Gasteiger charge is -2.20. The molecule has 1 fully saturated rings. The standard InChI is InChI=1S/C21H25N3O4/c1-14(19(25)23-10-5-6-11-23)28-21(27)15-8-9-16-17(13-15)22-18-7-3-2-4-12-24(18)20(16)26/h8-9,13-14H,2-7,10-12H2,1H3/t14-/m1/s1. The van der Waals surface area contributed by atoms with Crippen LogP contribution in [0.3, 0.4) is 0 Å². The van der Waals surface area contributed by atoms with E-state index in [4.69, 9.17) is 4.74 Å². The number of benzene rings is 1. The zero-order chi connectivity index (χ0) is 19.7. The maximum Gasteiger partial charge on any atom is 0.338 e. The third-order valence-corrected chi connectivity index (χ3v) is 5.60. The Bertz CT molecular complexity index is 976. The van der Waals surface area contributed by atoms with E-state index < -0.39 is 12.1 Å². The van der Waals surface area contributed by atoms with Crippen molar-refractivity contribution in [2.75, 3.05) is 13.1 Å². The van der Waals surface area contributed by atoms with Crippen LogP contribution in [0.5, 0.6) is 0 Å². The lowest BCUT2D eigenvalue weighted by molar-refractivity contribution is -0.138. The molecule has 0 N–H and O–H groups in total. The van der Waals surface area contributed by atoms with Gasteiger partial charge in [0.05, 0.1) is 16.5 Å². The molecule has 1 aromatic carbocycles. The molecule has 1 atom stereocenters. The zero-order valence-electron chi connectivity index (χ0n) is 16.1. The van der Waals surface area contributed by atoms with Gasteiger partial charge in [0.1, 0.15) is 5.82 Å². The molecule has 148 valence electrons. The first-order valence-corrected chi connectivity index (χ1v) is 10.1. The average Bonchev–Trinajstić information content (AvgIpc) is 3.13. The van der Waals surface area contributed by atoms with Gasteiger partial charge >= 0.3 is 5.97 Å². The van der Waals surface area contributed by atoms with Gasteiger partial charge in [-0.25, -0.2) is 9.78 Å². The quantitative estimate of drug-likeness (QED) is 0.760. The molecule has 1 amide bonds. The van der Waals surface area contributed by atoms with Crippen molar-refractivity contribution in [3.05, 3.63) is 39.9 Å². The maximum absolute atomic E-state index is 12.8. The molecule has 4 rings (SSSR count). The zero-order valence-corrected chi connectivity index (χ0v) is 16.1. The number of carbonyl (C=O) groups is 2. The Hall–Kier alpha value is -2.70. The number of aryl methyl sites for hydroxylation is 1. The highest BCUT2D eigenvalue weighted by atomic mass is 16.5. The number of fused-ring (bicyclic) bond motifs is 2. The SMILES string of the molecule is C[C@@H](OC(=O)c1ccc2c(=O)n3c(nc2c1)CCCCC3)C(=O)N1CCCC1. The van der Waals surface area contributed by atoms with Gasteiger partial charge < -0.3 is 9.64 Å². The van der Waals surface area contributed by atoms with E-state index in [1.165, 1.54) is 0 Å². The van der Waals surface area contributed by atoms with Crippen molar-refractivity contribution in [2.45, 2.75) is 58.1 Å². The maximum atomic E-state index is 12.8. The van der Waals surface area contributed by atoms with Crippen LogP contribution in [0, 0.1) is 0 Å². The minimum atomic E-state index is -0.827. The Balaban J connectivity index is 1.57. The summed E-state index contributed by atoms with van der Waals surface area (Å²) in [6.07, 6.45) is 4.99. The third-order valence-electron chi connectivity index (χ3n) is 5.60. The highest BCUT2D eigenvalue weighted by Crippen LogP contribution is 2.18. The van der Waals surface area contributed by atoms with Crippen LogP contribution in [0.2, 0.25) is 0 Å². The fourth-order valence-electron chi connectivity index (χ4n) is 4.02. The van der Waals surface area contributed by atoms with Gasteiger partial charge in [-0.2, -0.15) is 0 Å². The second kappa shape index (κ2) is 7.73. The van der Waals surface area contributed by atoms with Gasteiger partial charge in [0.2, 0.25) is 0 Å². The highest BCUT2D eigenvalue weighted by molar-refractivity contribution is 5.95. The summed E-state index contributed by atoms with van der Waals surface area (Å²) in [5.74, 6) is 0.0465. The van der Waals surface area contributed by atoms with E-state index in [0.29, 0.717) is 23.0 Å². The van der Waals surface area contributed by atoms with Gasteiger partial charge in [0, 0.05) is 26.1 Å². The topological polar surface area (TPSA) is 81.5 Å². The molecular weight excluding hydrogens is 358 g/mol. The van der Waals surface area contributed by atoms with Crippen molar-refractivity contribution in [3.63, 3.8) is 0 Å². The summed E-state index contributed by atoms with van der Waals surface area (Å²) in [7, 11) is 0. The number of ether oxygens (including phenoxy) is 1. The smallest absolute Gasteiger partial charge is 0.338 e. The molecule has 28 heavy (non-hydrogen) atoms. The number of hydrogen-bond acceptors (Lipinski definition) is 5. The van der Waals surface area contributed by atoms with Gasteiger partial charge in [-0.15, -0.1) is 0 Å². The van der Waals surface area contributed by atoms with E-state index in [1.807, 2.05) is 0 Å². The lowest BCUT2D eigenvalue weighted by atomic mass is 10.1. The Labute approximate surface area is 163 Å². The van der Waals surface area contributed by atoms with E-state index in [9.17, 15) is 14.4 Å². The minimum absolute atomic E-state index is 0.0561. The van der Waals surface area contributed by atoms with Crippen molar-refractivity contribution in [3.8, 4) is 0 Å². The summed E-state index contributed by atoms with van der Waals surface area (Å²) in [5.41, 5.74) is 0.754. The molecular formula is C21H25N3O4. The third kappa shape index (κ3) is 3.53. The summed E-state index contributed by atoms with van der Waals surface area (Å²) in [6.45, 7) is 3.73. The Kier molecular flexibility index (Phi) is 5.15. The minimum Gasteiger partial charge on any atom is -0.449 e. The number of rotatable bonds is 3. The van der Waals surface area contributed by atoms with Gasteiger partial charge in [0.25, 0.3) is 11.5 Å². The first-order chi connectivity index (χ1) is 13.5. The Morgan fingerprint density at radius 2 is 1.82 bits per heavy atom. The molecule has 2 aromatic rings. The summed E-state index contributed by atoms with van der Waals surface area (Å²) in [4.78, 5) is 44.0. The number of carbonyl (C=O) groups excluding carboxylic acids is 2. The largest absolute Gasteiger partial charge is 0.449 e. The fourth-order valence-corrected chi connectivity index (χ4v) is 4.02. The molecule has 0 radical (unpaired) electrons. The molecule has 0 saturated carbocycles. The Morgan fingerprint density at radius 1 is 1.07 bits per heavy atom. The van der Waals surface area contributed by atoms with Crippen molar-refractivity contribution >= 4 is 22.8 Å². The van der Waals surface area contributed by atoms with E-state index in [2.05, 4.69) is 4.98 Å². The molecule has 7 heteroatoms.